The van der Waals surface area contributed by atoms with Crippen LogP contribution in [-0.2, 0) is 9.59 Å². The molecule has 7 heteroatoms. The van der Waals surface area contributed by atoms with E-state index in [1.54, 1.807) is 0 Å². The number of rotatable bonds is 29. The molecule has 0 aliphatic rings. The average molecular weight is 575 g/mol. The molecule has 0 spiro atoms. The highest BCUT2D eigenvalue weighted by molar-refractivity contribution is 6.10. The van der Waals surface area contributed by atoms with Crippen molar-refractivity contribution in [2.24, 2.45) is 0 Å². The quantitative estimate of drug-likeness (QED) is 0.0503. The second kappa shape index (κ2) is 31.1. The third-order valence-electron chi connectivity index (χ3n) is 7.62. The molecule has 0 aromatic carbocycles. The highest BCUT2D eigenvalue weighted by atomic mass is 16.4. The number of aliphatic hydroxyl groups excluding tert-OH is 4. The first-order valence-corrected chi connectivity index (χ1v) is 16.7. The largest absolute Gasteiger partial charge is 0.394 e. The molecular formula is C33H66O7. The van der Waals surface area contributed by atoms with E-state index in [-0.39, 0.29) is 26.1 Å². The molecule has 5 N–H and O–H groups in total. The number of aliphatic hydroxyl groups is 5. The maximum absolute atomic E-state index is 12.7. The second-order valence-electron chi connectivity index (χ2n) is 11.3. The topological polar surface area (TPSA) is 135 Å². The molecule has 0 heterocycles. The molecular weight excluding hydrogens is 508 g/mol. The van der Waals surface area contributed by atoms with Crippen molar-refractivity contribution in [2.75, 3.05) is 19.8 Å². The molecule has 0 saturated carbocycles. The number of ketones is 2. The first kappa shape index (κ1) is 41.3. The number of hydrogen-bond acceptors (Lipinski definition) is 7. The van der Waals surface area contributed by atoms with E-state index in [1.165, 1.54) is 89.9 Å². The standard InChI is InChI=1S/C31H60O5.C2H6O2/c1-3-5-7-9-11-13-15-17-19-21-23-25-28(33)31(36,30(35)27-32)29(34)26-24-22-20-18-16-14-12-10-8-6-4-2;3-1-2-4/h30,32,35-36H,3-27H2,1-2H3;3-4H,1-2H2. The molecule has 7 nitrogen and oxygen atoms in total. The van der Waals surface area contributed by atoms with Gasteiger partial charge in [-0.2, -0.15) is 0 Å². The van der Waals surface area contributed by atoms with Crippen molar-refractivity contribution >= 4 is 11.6 Å². The van der Waals surface area contributed by atoms with Gasteiger partial charge in [0.1, 0.15) is 6.10 Å². The molecule has 0 aliphatic heterocycles. The van der Waals surface area contributed by atoms with Gasteiger partial charge in [-0.05, 0) is 12.8 Å². The molecule has 0 aromatic rings. The Kier molecular flexibility index (Phi) is 32.1. The van der Waals surface area contributed by atoms with E-state index in [0.29, 0.717) is 12.8 Å². The fraction of sp³-hybridized carbons (Fsp3) is 0.939. The molecule has 0 saturated heterocycles. The minimum atomic E-state index is -2.47. The van der Waals surface area contributed by atoms with E-state index in [2.05, 4.69) is 13.8 Å². The first-order valence-electron chi connectivity index (χ1n) is 16.7. The van der Waals surface area contributed by atoms with Crippen LogP contribution in [-0.4, -0.2) is 68.6 Å². The van der Waals surface area contributed by atoms with Crippen LogP contribution in [0.4, 0.5) is 0 Å². The molecule has 1 unspecified atom stereocenters. The van der Waals surface area contributed by atoms with Crippen molar-refractivity contribution < 1.29 is 35.1 Å². The van der Waals surface area contributed by atoms with Crippen LogP contribution in [0.15, 0.2) is 0 Å². The Morgan fingerprint density at radius 1 is 0.500 bits per heavy atom. The number of Topliss-reactive ketones (excluding diaryl/α,β-unsaturated/α-hetero) is 2. The molecule has 0 bridgehead atoms. The predicted molar refractivity (Wildman–Crippen MR) is 164 cm³/mol. The van der Waals surface area contributed by atoms with E-state index in [0.717, 1.165) is 38.5 Å². The molecule has 0 aromatic heterocycles. The summed E-state index contributed by atoms with van der Waals surface area (Å²) in [6.07, 6.45) is 23.7. The Hall–Kier alpha value is -0.860. The van der Waals surface area contributed by atoms with Crippen LogP contribution >= 0.6 is 0 Å². The van der Waals surface area contributed by atoms with E-state index in [4.69, 9.17) is 10.2 Å². The average Bonchev–Trinajstić information content (AvgIpc) is 2.97. The Morgan fingerprint density at radius 2 is 0.750 bits per heavy atom. The van der Waals surface area contributed by atoms with Crippen LogP contribution in [0.25, 0.3) is 0 Å². The molecule has 40 heavy (non-hydrogen) atoms. The number of unbranched alkanes of at least 4 members (excludes halogenated alkanes) is 20. The highest BCUT2D eigenvalue weighted by Crippen LogP contribution is 2.22. The molecule has 0 amide bonds. The highest BCUT2D eigenvalue weighted by Gasteiger charge is 2.48. The third-order valence-corrected chi connectivity index (χ3v) is 7.62. The van der Waals surface area contributed by atoms with Gasteiger partial charge in [0.15, 0.2) is 11.6 Å². The van der Waals surface area contributed by atoms with Crippen LogP contribution in [0, 0.1) is 0 Å². The summed E-state index contributed by atoms with van der Waals surface area (Å²) in [6.45, 7) is 3.40. The Bertz CT molecular complexity index is 513. The van der Waals surface area contributed by atoms with E-state index in [1.807, 2.05) is 0 Å². The smallest absolute Gasteiger partial charge is 0.209 e. The summed E-state index contributed by atoms with van der Waals surface area (Å²) >= 11 is 0. The van der Waals surface area contributed by atoms with Crippen LogP contribution in [0.1, 0.15) is 168 Å². The van der Waals surface area contributed by atoms with Gasteiger partial charge in [-0.15, -0.1) is 0 Å². The lowest BCUT2D eigenvalue weighted by molar-refractivity contribution is -0.166. The zero-order valence-electron chi connectivity index (χ0n) is 26.2. The number of carbonyl (C=O) groups is 2. The zero-order chi connectivity index (χ0) is 30.3. The van der Waals surface area contributed by atoms with Gasteiger partial charge in [-0.1, -0.05) is 142 Å². The van der Waals surface area contributed by atoms with Gasteiger partial charge in [-0.25, -0.2) is 0 Å². The number of hydrogen-bond donors (Lipinski definition) is 5. The third kappa shape index (κ3) is 22.8. The lowest BCUT2D eigenvalue weighted by atomic mass is 9.82. The van der Waals surface area contributed by atoms with Crippen molar-refractivity contribution in [3.05, 3.63) is 0 Å². The zero-order valence-corrected chi connectivity index (χ0v) is 26.2. The van der Waals surface area contributed by atoms with Gasteiger partial charge in [0.05, 0.1) is 19.8 Å². The molecule has 0 fully saturated rings. The Balaban J connectivity index is 0. The van der Waals surface area contributed by atoms with Gasteiger partial charge >= 0.3 is 0 Å². The van der Waals surface area contributed by atoms with Crippen LogP contribution in [0.2, 0.25) is 0 Å². The second-order valence-corrected chi connectivity index (χ2v) is 11.3. The maximum Gasteiger partial charge on any atom is 0.209 e. The maximum atomic E-state index is 12.7. The van der Waals surface area contributed by atoms with Gasteiger partial charge in [0, 0.05) is 12.8 Å². The minimum Gasteiger partial charge on any atom is -0.394 e. The molecule has 0 radical (unpaired) electrons. The summed E-state index contributed by atoms with van der Waals surface area (Å²) in [7, 11) is 0. The van der Waals surface area contributed by atoms with E-state index >= 15 is 0 Å². The van der Waals surface area contributed by atoms with Crippen LogP contribution in [0.3, 0.4) is 0 Å². The van der Waals surface area contributed by atoms with Crippen molar-refractivity contribution in [1.29, 1.82) is 0 Å². The van der Waals surface area contributed by atoms with Gasteiger partial charge < -0.3 is 25.5 Å². The van der Waals surface area contributed by atoms with E-state index < -0.39 is 29.9 Å². The lowest BCUT2D eigenvalue weighted by Gasteiger charge is -2.29. The van der Waals surface area contributed by atoms with Crippen LogP contribution < -0.4 is 0 Å². The Morgan fingerprint density at radius 3 is 0.975 bits per heavy atom. The van der Waals surface area contributed by atoms with Crippen molar-refractivity contribution in [3.63, 3.8) is 0 Å². The predicted octanol–water partition coefficient (Wildman–Crippen LogP) is 6.58. The molecule has 0 rings (SSSR count). The SMILES string of the molecule is CCCCCCCCCCCCCC(=O)C(O)(C(=O)CCCCCCCCCCCCC)C(O)CO.OCCO. The molecule has 0 aliphatic carbocycles. The Labute approximate surface area is 246 Å². The minimum absolute atomic E-state index is 0.0641. The fourth-order valence-electron chi connectivity index (χ4n) is 4.94. The molecule has 240 valence electrons. The summed E-state index contributed by atoms with van der Waals surface area (Å²) in [5.41, 5.74) is -2.47. The van der Waals surface area contributed by atoms with Crippen LogP contribution in [0.5, 0.6) is 0 Å². The molecule has 1 atom stereocenters. The van der Waals surface area contributed by atoms with Gasteiger partial charge in [0.2, 0.25) is 5.60 Å². The monoisotopic (exact) mass is 574 g/mol. The summed E-state index contributed by atoms with van der Waals surface area (Å²) in [4.78, 5) is 25.5. The first-order chi connectivity index (χ1) is 19.4. The van der Waals surface area contributed by atoms with Crippen molar-refractivity contribution in [2.45, 2.75) is 180 Å². The lowest BCUT2D eigenvalue weighted by Crippen LogP contribution is -2.57. The van der Waals surface area contributed by atoms with E-state index in [9.17, 15) is 24.9 Å². The summed E-state index contributed by atoms with van der Waals surface area (Å²) in [5.74, 6) is -1.29. The number of carbonyl (C=O) groups excluding carboxylic acids is 2. The van der Waals surface area contributed by atoms with Crippen molar-refractivity contribution in [1.82, 2.24) is 0 Å². The normalized spacial score (nSPS) is 12.2. The summed E-state index contributed by atoms with van der Waals surface area (Å²) in [5, 5.41) is 45.6. The van der Waals surface area contributed by atoms with Gasteiger partial charge in [-0.3, -0.25) is 9.59 Å². The van der Waals surface area contributed by atoms with Crippen molar-refractivity contribution in [3.8, 4) is 0 Å². The summed E-state index contributed by atoms with van der Waals surface area (Å²) < 4.78 is 0. The van der Waals surface area contributed by atoms with Gasteiger partial charge in [0.25, 0.3) is 0 Å². The summed E-state index contributed by atoms with van der Waals surface area (Å²) in [6, 6.07) is 0. The fourth-order valence-corrected chi connectivity index (χ4v) is 4.94.